The minimum Gasteiger partial charge on any atom is -0.397 e. The maximum absolute atomic E-state index is 10.3. The minimum atomic E-state index is -0.625. The van der Waals surface area contributed by atoms with E-state index in [9.17, 15) is 10.1 Å². The predicted molar refractivity (Wildman–Crippen MR) is 43.2 cm³/mol. The van der Waals surface area contributed by atoms with E-state index in [1.165, 1.54) is 16.9 Å². The van der Waals surface area contributed by atoms with Crippen LogP contribution in [0.1, 0.15) is 0 Å². The fourth-order valence-corrected chi connectivity index (χ4v) is 0.929. The summed E-state index contributed by atoms with van der Waals surface area (Å²) in [6.07, 6.45) is 0. The van der Waals surface area contributed by atoms with E-state index in [4.69, 9.17) is 4.42 Å². The fraction of sp³-hybridized carbons (Fsp3) is 0.167. The van der Waals surface area contributed by atoms with Crippen LogP contribution in [0.3, 0.4) is 0 Å². The third-order valence-corrected chi connectivity index (χ3v) is 1.50. The maximum atomic E-state index is 10.3. The first-order valence-corrected chi connectivity index (χ1v) is 3.65. The molecular weight excluding hydrogens is 190 g/mol. The summed E-state index contributed by atoms with van der Waals surface area (Å²) in [6.45, 7) is 0. The van der Waals surface area contributed by atoms with Gasteiger partial charge in [0.05, 0.1) is 13.1 Å². The zero-order chi connectivity index (χ0) is 10.1. The van der Waals surface area contributed by atoms with Crippen LogP contribution in [0.15, 0.2) is 16.5 Å². The second-order valence-corrected chi connectivity index (χ2v) is 2.50. The summed E-state index contributed by atoms with van der Waals surface area (Å²) in [5, 5.41) is 21.3. The van der Waals surface area contributed by atoms with Crippen molar-refractivity contribution >= 4 is 5.88 Å². The normalized spacial score (nSPS) is 10.4. The molecule has 2 aromatic heterocycles. The van der Waals surface area contributed by atoms with Crippen LogP contribution in [0.25, 0.3) is 11.6 Å². The molecule has 72 valence electrons. The average molecular weight is 195 g/mol. The number of rotatable bonds is 2. The van der Waals surface area contributed by atoms with Gasteiger partial charge in [-0.2, -0.15) is 4.80 Å². The smallest absolute Gasteiger partial charge is 0.397 e. The molecule has 0 aliphatic heterocycles. The van der Waals surface area contributed by atoms with E-state index in [0.29, 0.717) is 0 Å². The van der Waals surface area contributed by atoms with Gasteiger partial charge in [0.25, 0.3) is 0 Å². The quantitative estimate of drug-likeness (QED) is 0.507. The third-order valence-electron chi connectivity index (χ3n) is 1.50. The molecule has 14 heavy (non-hydrogen) atoms. The van der Waals surface area contributed by atoms with E-state index >= 15 is 0 Å². The molecule has 0 saturated carbocycles. The highest BCUT2D eigenvalue weighted by atomic mass is 16.6. The Bertz CT molecular complexity index is 473. The van der Waals surface area contributed by atoms with E-state index in [-0.39, 0.29) is 17.5 Å². The Hall–Kier alpha value is -2.25. The van der Waals surface area contributed by atoms with E-state index in [0.717, 1.165) is 0 Å². The fourth-order valence-electron chi connectivity index (χ4n) is 0.929. The maximum Gasteiger partial charge on any atom is 0.433 e. The van der Waals surface area contributed by atoms with Crippen molar-refractivity contribution in [2.45, 2.75) is 0 Å². The number of aryl methyl sites for hydroxylation is 1. The number of tetrazole rings is 1. The molecular formula is C6H5N5O3. The highest BCUT2D eigenvalue weighted by Gasteiger charge is 2.15. The molecule has 0 atom stereocenters. The lowest BCUT2D eigenvalue weighted by atomic mass is 10.4. The molecule has 0 aromatic carbocycles. The van der Waals surface area contributed by atoms with E-state index in [1.807, 2.05) is 0 Å². The number of furan rings is 1. The summed E-state index contributed by atoms with van der Waals surface area (Å²) in [4.78, 5) is 10.9. The number of hydrogen-bond acceptors (Lipinski definition) is 6. The molecule has 0 aliphatic rings. The zero-order valence-corrected chi connectivity index (χ0v) is 7.12. The first kappa shape index (κ1) is 8.35. The molecule has 0 amide bonds. The summed E-state index contributed by atoms with van der Waals surface area (Å²) in [6, 6.07) is 2.67. The van der Waals surface area contributed by atoms with Crippen LogP contribution in [-0.2, 0) is 7.05 Å². The number of nitro groups is 1. The Morgan fingerprint density at radius 2 is 2.36 bits per heavy atom. The summed E-state index contributed by atoms with van der Waals surface area (Å²) >= 11 is 0. The van der Waals surface area contributed by atoms with Crippen LogP contribution in [0.5, 0.6) is 0 Å². The van der Waals surface area contributed by atoms with E-state index in [2.05, 4.69) is 15.4 Å². The first-order chi connectivity index (χ1) is 6.66. The molecule has 8 heteroatoms. The summed E-state index contributed by atoms with van der Waals surface area (Å²) < 4.78 is 4.87. The third kappa shape index (κ3) is 1.32. The van der Waals surface area contributed by atoms with Crippen LogP contribution >= 0.6 is 0 Å². The van der Waals surface area contributed by atoms with Crippen molar-refractivity contribution in [2.75, 3.05) is 0 Å². The molecule has 0 unspecified atom stereocenters. The second-order valence-electron chi connectivity index (χ2n) is 2.50. The van der Waals surface area contributed by atoms with Gasteiger partial charge >= 0.3 is 5.88 Å². The van der Waals surface area contributed by atoms with Crippen molar-refractivity contribution in [3.63, 3.8) is 0 Å². The first-order valence-electron chi connectivity index (χ1n) is 3.65. The van der Waals surface area contributed by atoms with Gasteiger partial charge in [-0.15, -0.1) is 10.2 Å². The van der Waals surface area contributed by atoms with Gasteiger partial charge in [0, 0.05) is 0 Å². The van der Waals surface area contributed by atoms with Crippen molar-refractivity contribution < 1.29 is 9.34 Å². The van der Waals surface area contributed by atoms with Gasteiger partial charge in [0.15, 0.2) is 5.76 Å². The largest absolute Gasteiger partial charge is 0.433 e. The van der Waals surface area contributed by atoms with Crippen molar-refractivity contribution in [1.29, 1.82) is 0 Å². The standard InChI is InChI=1S/C6H5N5O3/c1-10-8-6(7-9-10)4-2-3-5(14-4)11(12)13/h2-3H,1H3. The van der Waals surface area contributed by atoms with Crippen molar-refractivity contribution in [2.24, 2.45) is 7.05 Å². The predicted octanol–water partition coefficient (Wildman–Crippen LogP) is 0.378. The van der Waals surface area contributed by atoms with Crippen molar-refractivity contribution in [3.05, 3.63) is 22.2 Å². The highest BCUT2D eigenvalue weighted by molar-refractivity contribution is 5.47. The van der Waals surface area contributed by atoms with Crippen LogP contribution in [0.2, 0.25) is 0 Å². The molecule has 0 N–H and O–H groups in total. The SMILES string of the molecule is Cn1nnc(-c2ccc([N+](=O)[O-])o2)n1. The van der Waals surface area contributed by atoms with Gasteiger partial charge in [-0.3, -0.25) is 10.1 Å². The van der Waals surface area contributed by atoms with Crippen molar-refractivity contribution in [3.8, 4) is 11.6 Å². The lowest BCUT2D eigenvalue weighted by Crippen LogP contribution is -1.91. The Balaban J connectivity index is 2.38. The minimum absolute atomic E-state index is 0.223. The molecule has 0 radical (unpaired) electrons. The lowest BCUT2D eigenvalue weighted by Gasteiger charge is -1.84. The number of nitrogens with zero attached hydrogens (tertiary/aromatic N) is 5. The van der Waals surface area contributed by atoms with Crippen LogP contribution in [0.4, 0.5) is 5.88 Å². The molecule has 0 bridgehead atoms. The zero-order valence-electron chi connectivity index (χ0n) is 7.12. The molecule has 0 saturated heterocycles. The molecule has 2 aromatic rings. The summed E-state index contributed by atoms with van der Waals surface area (Å²) in [5.74, 6) is 0.109. The Kier molecular flexibility index (Phi) is 1.73. The van der Waals surface area contributed by atoms with Gasteiger partial charge in [-0.05, 0) is 11.3 Å². The van der Waals surface area contributed by atoms with Crippen LogP contribution < -0.4 is 0 Å². The Labute approximate surface area is 77.3 Å². The highest BCUT2D eigenvalue weighted by Crippen LogP contribution is 2.22. The molecule has 0 spiro atoms. The topological polar surface area (TPSA) is 99.9 Å². The van der Waals surface area contributed by atoms with Gasteiger partial charge < -0.3 is 4.42 Å². The van der Waals surface area contributed by atoms with Gasteiger partial charge in [0.2, 0.25) is 5.82 Å². The van der Waals surface area contributed by atoms with E-state index < -0.39 is 4.92 Å². The molecule has 8 nitrogen and oxygen atoms in total. The number of hydrogen-bond donors (Lipinski definition) is 0. The van der Waals surface area contributed by atoms with Crippen LogP contribution in [-0.4, -0.2) is 25.1 Å². The second kappa shape index (κ2) is 2.91. The molecule has 2 rings (SSSR count). The van der Waals surface area contributed by atoms with Crippen LogP contribution in [0, 0.1) is 10.1 Å². The lowest BCUT2D eigenvalue weighted by molar-refractivity contribution is -0.401. The average Bonchev–Trinajstić information content (AvgIpc) is 2.70. The molecule has 2 heterocycles. The monoisotopic (exact) mass is 195 g/mol. The van der Waals surface area contributed by atoms with E-state index in [1.54, 1.807) is 7.05 Å². The Morgan fingerprint density at radius 3 is 2.86 bits per heavy atom. The summed E-state index contributed by atoms with van der Waals surface area (Å²) in [5.41, 5.74) is 0. The van der Waals surface area contributed by atoms with Gasteiger partial charge in [-0.1, -0.05) is 0 Å². The summed E-state index contributed by atoms with van der Waals surface area (Å²) in [7, 11) is 1.59. The number of aromatic nitrogens is 4. The van der Waals surface area contributed by atoms with Gasteiger partial charge in [-0.25, -0.2) is 0 Å². The van der Waals surface area contributed by atoms with Gasteiger partial charge in [0.1, 0.15) is 4.92 Å². The molecule has 0 fully saturated rings. The Morgan fingerprint density at radius 1 is 1.57 bits per heavy atom. The molecule has 0 aliphatic carbocycles. The van der Waals surface area contributed by atoms with Crippen molar-refractivity contribution in [1.82, 2.24) is 20.2 Å².